The molecule has 0 aromatic heterocycles. The zero-order valence-corrected chi connectivity index (χ0v) is 16.2. The van der Waals surface area contributed by atoms with E-state index in [4.69, 9.17) is 10.8 Å². The van der Waals surface area contributed by atoms with E-state index < -0.39 is 5.54 Å². The van der Waals surface area contributed by atoms with Gasteiger partial charge in [0.15, 0.2) is 0 Å². The molecule has 0 amide bonds. The van der Waals surface area contributed by atoms with Gasteiger partial charge in [0.2, 0.25) is 0 Å². The lowest BCUT2D eigenvalue weighted by Gasteiger charge is -2.35. The number of halogens is 1. The van der Waals surface area contributed by atoms with Crippen LogP contribution >= 0.6 is 28.7 Å². The first-order valence-electron chi connectivity index (χ1n) is 7.47. The molecule has 2 unspecified atom stereocenters. The summed E-state index contributed by atoms with van der Waals surface area (Å²) in [5.41, 5.74) is 9.59. The van der Waals surface area contributed by atoms with Crippen LogP contribution in [0.15, 0.2) is 53.0 Å². The van der Waals surface area contributed by atoms with Gasteiger partial charge in [-0.1, -0.05) is 72.1 Å². The van der Waals surface area contributed by atoms with Gasteiger partial charge in [-0.25, -0.2) is 0 Å². The van der Waals surface area contributed by atoms with Gasteiger partial charge in [-0.2, -0.15) is 0 Å². The Labute approximate surface area is 153 Å². The van der Waals surface area contributed by atoms with Crippen LogP contribution < -0.4 is 10.5 Å². The van der Waals surface area contributed by atoms with E-state index in [9.17, 15) is 0 Å². The van der Waals surface area contributed by atoms with Crippen LogP contribution in [-0.4, -0.2) is 12.2 Å². The summed E-state index contributed by atoms with van der Waals surface area (Å²) in [5.74, 6) is 0. The smallest absolute Gasteiger partial charge is 0.0693 e. The van der Waals surface area contributed by atoms with E-state index in [2.05, 4.69) is 71.6 Å². The predicted octanol–water partition coefficient (Wildman–Crippen LogP) is 3.97. The summed E-state index contributed by atoms with van der Waals surface area (Å²) in [7, 11) is 1.00. The molecule has 126 valence electrons. The van der Waals surface area contributed by atoms with Gasteiger partial charge in [0.05, 0.1) is 11.6 Å². The Bertz CT molecular complexity index is 589. The van der Waals surface area contributed by atoms with Gasteiger partial charge in [-0.3, -0.25) is 4.72 Å². The summed E-state index contributed by atoms with van der Waals surface area (Å²) >= 11 is 7.78. The highest BCUT2D eigenvalue weighted by molar-refractivity contribution is 9.10. The number of rotatable bonds is 5. The maximum absolute atomic E-state index is 7.00. The molecule has 0 aliphatic carbocycles. The van der Waals surface area contributed by atoms with Gasteiger partial charge in [-0.05, 0) is 42.2 Å². The molecule has 23 heavy (non-hydrogen) atoms. The number of nitrogens with one attached hydrogen (secondary N) is 1. The fourth-order valence-electron chi connectivity index (χ4n) is 2.40. The average Bonchev–Trinajstić information content (AvgIpc) is 2.63. The van der Waals surface area contributed by atoms with Crippen molar-refractivity contribution in [1.82, 2.24) is 4.72 Å². The molecule has 0 saturated heterocycles. The maximum Gasteiger partial charge on any atom is 0.0693 e. The Hall–Kier alpha value is -0.850. The highest BCUT2D eigenvalue weighted by Crippen LogP contribution is 2.34. The normalized spacial score (nSPS) is 14.4. The second kappa shape index (κ2) is 9.45. The van der Waals surface area contributed by atoms with Crippen LogP contribution in [0.5, 0.6) is 0 Å². The number of aliphatic hydroxyl groups excluding tert-OH is 1. The number of hydrogen-bond acceptors (Lipinski definition) is 4. The van der Waals surface area contributed by atoms with E-state index >= 15 is 0 Å². The second-order valence-corrected chi connectivity index (χ2v) is 6.53. The molecule has 5 heteroatoms. The van der Waals surface area contributed by atoms with Crippen LogP contribution in [0, 0.1) is 0 Å². The van der Waals surface area contributed by atoms with Crippen molar-refractivity contribution in [3.05, 3.63) is 69.7 Å². The third kappa shape index (κ3) is 4.81. The van der Waals surface area contributed by atoms with Crippen molar-refractivity contribution < 1.29 is 5.11 Å². The van der Waals surface area contributed by atoms with Crippen molar-refractivity contribution in [2.75, 3.05) is 7.11 Å². The standard InChI is InChI=1S/C17H21BrN2S.CH4O/c1-3-12-4-8-14(9-5-12)17(2,20-21)16(19)13-6-10-15(18)11-7-13;1-2/h4-11,16,20-21H,3,19H2,1-2H3;2H,1H3. The Kier molecular flexibility index (Phi) is 8.29. The molecule has 3 nitrogen and oxygen atoms in total. The summed E-state index contributed by atoms with van der Waals surface area (Å²) < 4.78 is 4.15. The number of benzene rings is 2. The Morgan fingerprint density at radius 1 is 1.13 bits per heavy atom. The minimum absolute atomic E-state index is 0.199. The van der Waals surface area contributed by atoms with Crippen LogP contribution in [0.2, 0.25) is 0 Å². The third-order valence-electron chi connectivity index (χ3n) is 4.05. The van der Waals surface area contributed by atoms with Crippen LogP contribution in [0.1, 0.15) is 36.6 Å². The molecule has 0 heterocycles. The van der Waals surface area contributed by atoms with Crippen molar-refractivity contribution in [3.63, 3.8) is 0 Å². The zero-order valence-electron chi connectivity index (χ0n) is 13.8. The summed E-state index contributed by atoms with van der Waals surface area (Å²) in [6.45, 7) is 4.23. The molecular weight excluding hydrogens is 372 g/mol. The Morgan fingerprint density at radius 2 is 1.65 bits per heavy atom. The largest absolute Gasteiger partial charge is 0.400 e. The molecule has 0 aliphatic rings. The van der Waals surface area contributed by atoms with Crippen LogP contribution in [0.25, 0.3) is 0 Å². The van der Waals surface area contributed by atoms with Crippen molar-refractivity contribution in [2.24, 2.45) is 5.73 Å². The number of nitrogens with two attached hydrogens (primary N) is 1. The van der Waals surface area contributed by atoms with Crippen LogP contribution in [0.3, 0.4) is 0 Å². The number of hydrogen-bond donors (Lipinski definition) is 4. The van der Waals surface area contributed by atoms with E-state index in [0.29, 0.717) is 0 Å². The van der Waals surface area contributed by atoms with E-state index in [1.807, 2.05) is 24.3 Å². The minimum Gasteiger partial charge on any atom is -0.400 e. The van der Waals surface area contributed by atoms with Crippen molar-refractivity contribution in [3.8, 4) is 0 Å². The zero-order chi connectivity index (χ0) is 17.5. The first-order valence-corrected chi connectivity index (χ1v) is 8.71. The van der Waals surface area contributed by atoms with E-state index in [1.165, 1.54) is 5.56 Å². The van der Waals surface area contributed by atoms with Gasteiger partial charge < -0.3 is 10.8 Å². The average molecular weight is 397 g/mol. The SMILES string of the molecule is CCc1ccc(C(C)(NS)C(N)c2ccc(Br)cc2)cc1.CO. The lowest BCUT2D eigenvalue weighted by atomic mass is 9.82. The first-order chi connectivity index (χ1) is 11.0. The van der Waals surface area contributed by atoms with Gasteiger partial charge in [0.1, 0.15) is 0 Å². The summed E-state index contributed by atoms with van der Waals surface area (Å²) in [6, 6.07) is 16.4. The molecule has 0 fully saturated rings. The molecule has 2 atom stereocenters. The number of aryl methyl sites for hydroxylation is 1. The van der Waals surface area contributed by atoms with E-state index in [0.717, 1.165) is 29.1 Å². The number of thiol groups is 1. The summed E-state index contributed by atoms with van der Waals surface area (Å²) in [4.78, 5) is 0. The highest BCUT2D eigenvalue weighted by Gasteiger charge is 2.33. The van der Waals surface area contributed by atoms with Crippen molar-refractivity contribution in [1.29, 1.82) is 0 Å². The fraction of sp³-hybridized carbons (Fsp3) is 0.333. The van der Waals surface area contributed by atoms with Crippen molar-refractivity contribution >= 4 is 28.7 Å². The van der Waals surface area contributed by atoms with Gasteiger partial charge in [0.25, 0.3) is 0 Å². The van der Waals surface area contributed by atoms with Gasteiger partial charge in [0, 0.05) is 11.6 Å². The highest BCUT2D eigenvalue weighted by atomic mass is 79.9. The fourth-order valence-corrected chi connectivity index (χ4v) is 2.94. The lowest BCUT2D eigenvalue weighted by molar-refractivity contribution is 0.369. The van der Waals surface area contributed by atoms with E-state index in [1.54, 1.807) is 0 Å². The maximum atomic E-state index is 7.00. The third-order valence-corrected chi connectivity index (χ3v) is 5.04. The molecule has 0 aliphatic heterocycles. The predicted molar refractivity (Wildman–Crippen MR) is 105 cm³/mol. The van der Waals surface area contributed by atoms with E-state index in [-0.39, 0.29) is 6.04 Å². The molecule has 0 saturated carbocycles. The molecular formula is C18H25BrN2OS. The first kappa shape index (κ1) is 20.2. The van der Waals surface area contributed by atoms with Crippen LogP contribution in [0.4, 0.5) is 0 Å². The molecule has 0 radical (unpaired) electrons. The second-order valence-electron chi connectivity index (χ2n) is 5.39. The summed E-state index contributed by atoms with van der Waals surface area (Å²) in [5, 5.41) is 7.00. The summed E-state index contributed by atoms with van der Waals surface area (Å²) in [6.07, 6.45) is 1.03. The molecule has 4 N–H and O–H groups in total. The topological polar surface area (TPSA) is 58.3 Å². The molecule has 2 aromatic carbocycles. The van der Waals surface area contributed by atoms with Gasteiger partial charge in [-0.15, -0.1) is 0 Å². The van der Waals surface area contributed by atoms with Crippen molar-refractivity contribution in [2.45, 2.75) is 31.8 Å². The molecule has 0 spiro atoms. The Morgan fingerprint density at radius 3 is 2.09 bits per heavy atom. The van der Waals surface area contributed by atoms with Crippen LogP contribution in [-0.2, 0) is 12.0 Å². The van der Waals surface area contributed by atoms with Gasteiger partial charge >= 0.3 is 0 Å². The molecule has 2 aromatic rings. The molecule has 2 rings (SSSR count). The Balaban J connectivity index is 0.00000127. The minimum atomic E-state index is -0.441. The quantitative estimate of drug-likeness (QED) is 0.578. The monoisotopic (exact) mass is 396 g/mol. The lowest BCUT2D eigenvalue weighted by Crippen LogP contribution is -2.44. The molecule has 0 bridgehead atoms. The number of aliphatic hydroxyl groups is 1.